The number of aromatic nitrogens is 2. The number of hydrogen-bond acceptors (Lipinski definition) is 3. The van der Waals surface area contributed by atoms with Gasteiger partial charge in [0.15, 0.2) is 5.82 Å². The number of carbonyl (C=O) groups excluding carboxylic acids is 1. The maximum Gasteiger partial charge on any atom is 0.254 e. The molecule has 3 rings (SSSR count). The van der Waals surface area contributed by atoms with Crippen LogP contribution in [0.15, 0.2) is 72.9 Å². The first kappa shape index (κ1) is 15.8. The van der Waals surface area contributed by atoms with Crippen molar-refractivity contribution in [1.29, 1.82) is 0 Å². The van der Waals surface area contributed by atoms with Crippen molar-refractivity contribution in [3.63, 3.8) is 0 Å². The molecular weight excluding hydrogens is 305 g/mol. The summed E-state index contributed by atoms with van der Waals surface area (Å²) in [5.41, 5.74) is 1.99. The quantitative estimate of drug-likeness (QED) is 0.936. The van der Waals surface area contributed by atoms with E-state index in [1.807, 2.05) is 36.4 Å². The Hall–Kier alpha value is -3.08. The standard InChI is InChI=1S/C19H16FN3O/c20-17-9-5-4-8-15(10-17)18-21-12-16(13-22-18)19(24)23-11-14-6-2-1-3-7-14/h1-3,5-10,12-13H,4,11H2,(H,23,24). The highest BCUT2D eigenvalue weighted by atomic mass is 19.1. The molecule has 24 heavy (non-hydrogen) atoms. The fourth-order valence-corrected chi connectivity index (χ4v) is 2.26. The van der Waals surface area contributed by atoms with Crippen LogP contribution in [0.5, 0.6) is 0 Å². The van der Waals surface area contributed by atoms with Crippen molar-refractivity contribution < 1.29 is 9.18 Å². The highest BCUT2D eigenvalue weighted by Crippen LogP contribution is 2.19. The summed E-state index contributed by atoms with van der Waals surface area (Å²) in [6.07, 6.45) is 9.88. The first-order valence-corrected chi connectivity index (χ1v) is 7.61. The number of nitrogens with one attached hydrogen (secondary N) is 1. The lowest BCUT2D eigenvalue weighted by atomic mass is 10.2. The predicted molar refractivity (Wildman–Crippen MR) is 90.6 cm³/mol. The number of rotatable bonds is 4. The van der Waals surface area contributed by atoms with E-state index in [0.717, 1.165) is 5.56 Å². The molecule has 0 aliphatic heterocycles. The van der Waals surface area contributed by atoms with Gasteiger partial charge in [-0.05, 0) is 24.1 Å². The van der Waals surface area contributed by atoms with Crippen LogP contribution >= 0.6 is 0 Å². The topological polar surface area (TPSA) is 54.9 Å². The van der Waals surface area contributed by atoms with E-state index in [0.29, 0.717) is 29.9 Å². The molecule has 0 fully saturated rings. The van der Waals surface area contributed by atoms with E-state index in [1.54, 1.807) is 6.08 Å². The number of benzene rings is 1. The van der Waals surface area contributed by atoms with E-state index in [9.17, 15) is 9.18 Å². The van der Waals surface area contributed by atoms with Gasteiger partial charge in [0.1, 0.15) is 5.83 Å². The van der Waals surface area contributed by atoms with Gasteiger partial charge in [0.05, 0.1) is 5.56 Å². The Morgan fingerprint density at radius 1 is 1.17 bits per heavy atom. The van der Waals surface area contributed by atoms with Gasteiger partial charge in [-0.15, -0.1) is 0 Å². The highest BCUT2D eigenvalue weighted by molar-refractivity contribution is 5.93. The second-order valence-corrected chi connectivity index (χ2v) is 5.29. The van der Waals surface area contributed by atoms with E-state index in [-0.39, 0.29) is 11.7 Å². The summed E-state index contributed by atoms with van der Waals surface area (Å²) in [7, 11) is 0. The van der Waals surface area contributed by atoms with Crippen LogP contribution in [0, 0.1) is 0 Å². The van der Waals surface area contributed by atoms with E-state index in [4.69, 9.17) is 0 Å². The summed E-state index contributed by atoms with van der Waals surface area (Å²) in [6, 6.07) is 9.64. The van der Waals surface area contributed by atoms with Crippen LogP contribution in [0.25, 0.3) is 5.57 Å². The smallest absolute Gasteiger partial charge is 0.254 e. The molecule has 1 aliphatic rings. The van der Waals surface area contributed by atoms with Gasteiger partial charge in [-0.2, -0.15) is 0 Å². The molecule has 4 nitrogen and oxygen atoms in total. The van der Waals surface area contributed by atoms with E-state index in [2.05, 4.69) is 15.3 Å². The minimum Gasteiger partial charge on any atom is -0.348 e. The average molecular weight is 321 g/mol. The van der Waals surface area contributed by atoms with Crippen molar-refractivity contribution in [1.82, 2.24) is 15.3 Å². The molecule has 0 atom stereocenters. The van der Waals surface area contributed by atoms with Crippen LogP contribution in [0.2, 0.25) is 0 Å². The molecule has 2 aromatic rings. The lowest BCUT2D eigenvalue weighted by molar-refractivity contribution is 0.0950. The van der Waals surface area contributed by atoms with Gasteiger partial charge in [-0.3, -0.25) is 4.79 Å². The third-order valence-electron chi connectivity index (χ3n) is 3.51. The summed E-state index contributed by atoms with van der Waals surface area (Å²) in [5, 5.41) is 2.82. The number of carbonyl (C=O) groups is 1. The zero-order valence-corrected chi connectivity index (χ0v) is 12.9. The molecule has 1 aromatic carbocycles. The minimum absolute atomic E-state index is 0.247. The van der Waals surface area contributed by atoms with E-state index < -0.39 is 0 Å². The monoisotopic (exact) mass is 321 g/mol. The number of nitrogens with zero attached hydrogens (tertiary/aromatic N) is 2. The number of amides is 1. The number of hydrogen-bond donors (Lipinski definition) is 1. The molecule has 1 aromatic heterocycles. The summed E-state index contributed by atoms with van der Waals surface area (Å²) in [5.74, 6) is -0.191. The van der Waals surface area contributed by atoms with Gasteiger partial charge >= 0.3 is 0 Å². The van der Waals surface area contributed by atoms with Crippen molar-refractivity contribution >= 4 is 11.5 Å². The van der Waals surface area contributed by atoms with E-state index >= 15 is 0 Å². The van der Waals surface area contributed by atoms with Gasteiger partial charge < -0.3 is 5.32 Å². The highest BCUT2D eigenvalue weighted by Gasteiger charge is 2.09. The van der Waals surface area contributed by atoms with Crippen molar-refractivity contribution in [3.8, 4) is 0 Å². The van der Waals surface area contributed by atoms with Crippen LogP contribution in [-0.2, 0) is 6.54 Å². The molecule has 0 bridgehead atoms. The first-order valence-electron chi connectivity index (χ1n) is 7.61. The first-order chi connectivity index (χ1) is 11.7. The third-order valence-corrected chi connectivity index (χ3v) is 3.51. The fourth-order valence-electron chi connectivity index (χ4n) is 2.26. The van der Waals surface area contributed by atoms with Crippen molar-refractivity contribution in [3.05, 3.63) is 89.8 Å². The fraction of sp³-hybridized carbons (Fsp3) is 0.105. The lowest BCUT2D eigenvalue weighted by Crippen LogP contribution is -2.23. The van der Waals surface area contributed by atoms with Gasteiger partial charge in [-0.25, -0.2) is 14.4 Å². The predicted octanol–water partition coefficient (Wildman–Crippen LogP) is 3.60. The summed E-state index contributed by atoms with van der Waals surface area (Å²) >= 11 is 0. The Balaban J connectivity index is 1.67. The molecule has 1 aliphatic carbocycles. The SMILES string of the molecule is O=C(NCc1ccccc1)c1cnc(C2=CCC=CC(F)=C2)nc1. The number of halogens is 1. The minimum atomic E-state index is -0.341. The van der Waals surface area contributed by atoms with Crippen LogP contribution in [0.4, 0.5) is 4.39 Å². The molecule has 0 saturated carbocycles. The second-order valence-electron chi connectivity index (χ2n) is 5.29. The molecule has 120 valence electrons. The molecule has 0 spiro atoms. The molecule has 1 heterocycles. The molecule has 1 amide bonds. The Morgan fingerprint density at radius 3 is 2.67 bits per heavy atom. The number of allylic oxidation sites excluding steroid dienone is 6. The van der Waals surface area contributed by atoms with Crippen molar-refractivity contribution in [2.45, 2.75) is 13.0 Å². The molecular formula is C19H16FN3O. The molecule has 0 radical (unpaired) electrons. The van der Waals surface area contributed by atoms with Crippen LogP contribution in [-0.4, -0.2) is 15.9 Å². The summed E-state index contributed by atoms with van der Waals surface area (Å²) < 4.78 is 13.5. The van der Waals surface area contributed by atoms with Gasteiger partial charge in [-0.1, -0.05) is 42.5 Å². The van der Waals surface area contributed by atoms with E-state index in [1.165, 1.54) is 24.5 Å². The summed E-state index contributed by atoms with van der Waals surface area (Å²) in [4.78, 5) is 20.5. The average Bonchev–Trinajstić information content (AvgIpc) is 2.85. The third kappa shape index (κ3) is 4.01. The van der Waals surface area contributed by atoms with Crippen molar-refractivity contribution in [2.75, 3.05) is 0 Å². The van der Waals surface area contributed by atoms with Crippen LogP contribution in [0.3, 0.4) is 0 Å². The van der Waals surface area contributed by atoms with Gasteiger partial charge in [0.25, 0.3) is 5.91 Å². The molecule has 1 N–H and O–H groups in total. The van der Waals surface area contributed by atoms with Crippen molar-refractivity contribution in [2.24, 2.45) is 0 Å². The van der Waals surface area contributed by atoms with Crippen LogP contribution in [0.1, 0.15) is 28.2 Å². The Labute approximate surface area is 139 Å². The lowest BCUT2D eigenvalue weighted by Gasteiger charge is -2.06. The maximum absolute atomic E-state index is 13.5. The Bertz CT molecular complexity index is 808. The van der Waals surface area contributed by atoms with Crippen LogP contribution < -0.4 is 5.32 Å². The zero-order chi connectivity index (χ0) is 16.8. The zero-order valence-electron chi connectivity index (χ0n) is 12.9. The molecule has 5 heteroatoms. The maximum atomic E-state index is 13.5. The molecule has 0 unspecified atom stereocenters. The second kappa shape index (κ2) is 7.46. The largest absolute Gasteiger partial charge is 0.348 e. The normalized spacial score (nSPS) is 13.7. The molecule has 0 saturated heterocycles. The van der Waals surface area contributed by atoms with Gasteiger partial charge in [0.2, 0.25) is 0 Å². The Morgan fingerprint density at radius 2 is 1.92 bits per heavy atom. The Kier molecular flexibility index (Phi) is 4.91. The van der Waals surface area contributed by atoms with Gasteiger partial charge in [0, 0.05) is 24.5 Å². The summed E-state index contributed by atoms with van der Waals surface area (Å²) in [6.45, 7) is 0.437.